The first-order valence-corrected chi connectivity index (χ1v) is 14.0. The molecule has 0 aromatic heterocycles. The molecular weight excluding hydrogens is 622 g/mol. The van der Waals surface area contributed by atoms with E-state index in [9.17, 15) is 9.59 Å². The molecule has 0 saturated heterocycles. The molecule has 194 valence electrons. The van der Waals surface area contributed by atoms with E-state index in [0.717, 1.165) is 27.8 Å². The van der Waals surface area contributed by atoms with Crippen molar-refractivity contribution in [2.45, 2.75) is 19.4 Å². The van der Waals surface area contributed by atoms with Crippen LogP contribution < -0.4 is 10.1 Å². The molecule has 0 fully saturated rings. The first-order valence-electron chi connectivity index (χ1n) is 12.4. The highest BCUT2D eigenvalue weighted by Crippen LogP contribution is 2.48. The van der Waals surface area contributed by atoms with Crippen LogP contribution in [0.3, 0.4) is 0 Å². The number of carbonyl (C=O) groups is 2. The van der Waals surface area contributed by atoms with E-state index >= 15 is 0 Å². The molecule has 0 saturated carbocycles. The van der Waals surface area contributed by atoms with Gasteiger partial charge in [-0.1, -0.05) is 60.7 Å². The predicted molar refractivity (Wildman–Crippen MR) is 158 cm³/mol. The normalized spacial score (nSPS) is 16.2. The minimum absolute atomic E-state index is 0.101. The number of benzene rings is 4. The van der Waals surface area contributed by atoms with Crippen molar-refractivity contribution >= 4 is 60.1 Å². The number of allylic oxidation sites excluding steroid dienone is 2. The van der Waals surface area contributed by atoms with Crippen molar-refractivity contribution in [1.29, 1.82) is 0 Å². The second-order valence-electron chi connectivity index (χ2n) is 9.54. The first-order chi connectivity index (χ1) is 18.9. The molecule has 5 nitrogen and oxygen atoms in total. The van der Waals surface area contributed by atoms with Gasteiger partial charge in [-0.15, -0.1) is 0 Å². The van der Waals surface area contributed by atoms with Crippen LogP contribution in [0.2, 0.25) is 0 Å². The summed E-state index contributed by atoms with van der Waals surface area (Å²) < 4.78 is 12.8. The van der Waals surface area contributed by atoms with Crippen molar-refractivity contribution in [2.75, 3.05) is 7.11 Å². The number of rotatable bonds is 5. The van der Waals surface area contributed by atoms with Crippen LogP contribution in [0.25, 0.3) is 16.5 Å². The zero-order valence-electron chi connectivity index (χ0n) is 21.2. The Morgan fingerprint density at radius 3 is 2.28 bits per heavy atom. The monoisotopic (exact) mass is 643 g/mol. The minimum atomic E-state index is -0.615. The van der Waals surface area contributed by atoms with Gasteiger partial charge in [0.2, 0.25) is 0 Å². The summed E-state index contributed by atoms with van der Waals surface area (Å²) in [6.07, 6.45) is 0. The molecule has 1 aliphatic carbocycles. The van der Waals surface area contributed by atoms with Gasteiger partial charge in [-0.05, 0) is 78.9 Å². The van der Waals surface area contributed by atoms with Crippen LogP contribution in [0.1, 0.15) is 39.9 Å². The predicted octanol–water partition coefficient (Wildman–Crippen LogP) is 7.69. The Morgan fingerprint density at radius 2 is 1.56 bits per heavy atom. The minimum Gasteiger partial charge on any atom is -0.487 e. The fourth-order valence-corrected chi connectivity index (χ4v) is 6.86. The number of hydrogen-bond donors (Lipinski definition) is 1. The molecular formula is C32H23Br2NO4. The van der Waals surface area contributed by atoms with E-state index < -0.39 is 11.9 Å². The summed E-state index contributed by atoms with van der Waals surface area (Å²) in [4.78, 5) is 26.7. The van der Waals surface area contributed by atoms with Gasteiger partial charge in [-0.2, -0.15) is 0 Å². The van der Waals surface area contributed by atoms with E-state index in [0.29, 0.717) is 43.7 Å². The summed E-state index contributed by atoms with van der Waals surface area (Å²) in [5.41, 5.74) is 5.58. The molecule has 1 aliphatic heterocycles. The van der Waals surface area contributed by atoms with Crippen LogP contribution in [-0.2, 0) is 16.1 Å². The smallest absolute Gasteiger partial charge is 0.336 e. The van der Waals surface area contributed by atoms with Crippen LogP contribution >= 0.6 is 31.9 Å². The van der Waals surface area contributed by atoms with E-state index in [-0.39, 0.29) is 5.78 Å². The summed E-state index contributed by atoms with van der Waals surface area (Å²) in [5.74, 6) is -0.563. The lowest BCUT2D eigenvalue weighted by Gasteiger charge is -2.29. The molecule has 2 aliphatic rings. The van der Waals surface area contributed by atoms with Gasteiger partial charge in [0, 0.05) is 28.3 Å². The molecule has 1 N–H and O–H groups in total. The largest absolute Gasteiger partial charge is 0.487 e. The van der Waals surface area contributed by atoms with Gasteiger partial charge in [0.15, 0.2) is 5.78 Å². The fourth-order valence-electron chi connectivity index (χ4n) is 5.41. The Morgan fingerprint density at radius 1 is 0.897 bits per heavy atom. The van der Waals surface area contributed by atoms with Crippen molar-refractivity contribution in [3.05, 3.63) is 127 Å². The average molecular weight is 645 g/mol. The maximum absolute atomic E-state index is 13.6. The van der Waals surface area contributed by atoms with Crippen molar-refractivity contribution in [3.8, 4) is 5.75 Å². The van der Waals surface area contributed by atoms with Crippen molar-refractivity contribution in [1.82, 2.24) is 5.32 Å². The summed E-state index contributed by atoms with van der Waals surface area (Å²) in [5, 5.41) is 5.64. The lowest BCUT2D eigenvalue weighted by molar-refractivity contribution is -0.136. The summed E-state index contributed by atoms with van der Waals surface area (Å²) in [6, 6.07) is 25.8. The first kappa shape index (κ1) is 25.6. The molecule has 0 amide bonds. The van der Waals surface area contributed by atoms with E-state index in [1.54, 1.807) is 0 Å². The number of nitrogens with one attached hydrogen (secondary N) is 1. The highest BCUT2D eigenvalue weighted by atomic mass is 79.9. The highest BCUT2D eigenvalue weighted by molar-refractivity contribution is 9.11. The maximum Gasteiger partial charge on any atom is 0.336 e. The topological polar surface area (TPSA) is 64.6 Å². The SMILES string of the molecule is COC(=O)C1=C(C)NC2=C(C(=O)c3ccccc32)[C@H]1c1cc(Br)c(OCc2ccc3ccccc3c2)c(Br)c1. The molecule has 0 radical (unpaired) electrons. The number of fused-ring (bicyclic) bond motifs is 3. The van der Waals surface area contributed by atoms with Crippen LogP contribution in [0.4, 0.5) is 0 Å². The third-order valence-electron chi connectivity index (χ3n) is 7.21. The van der Waals surface area contributed by atoms with Gasteiger partial charge in [0.05, 0.1) is 27.3 Å². The number of dihydropyridines is 1. The van der Waals surface area contributed by atoms with Gasteiger partial charge in [0.1, 0.15) is 12.4 Å². The zero-order valence-corrected chi connectivity index (χ0v) is 24.4. The van der Waals surface area contributed by atoms with Gasteiger partial charge < -0.3 is 14.8 Å². The Bertz CT molecular complexity index is 1730. The van der Waals surface area contributed by atoms with Crippen LogP contribution in [0, 0.1) is 0 Å². The number of hydrogen-bond acceptors (Lipinski definition) is 5. The van der Waals surface area contributed by atoms with E-state index in [2.05, 4.69) is 67.5 Å². The Hall–Kier alpha value is -3.68. The standard InChI is InChI=1S/C32H23Br2NO4/c1-17-26(32(37)38-2)27(28-29(35-17)22-9-5-6-10-23(22)30(28)36)21-14-24(33)31(25(34)15-21)39-16-18-11-12-19-7-3-4-8-20(19)13-18/h3-15,27,35H,16H2,1-2H3/t27-/m0/s1. The third kappa shape index (κ3) is 4.39. The highest BCUT2D eigenvalue weighted by Gasteiger charge is 2.43. The number of Topliss-reactive ketones (excluding diaryl/α,β-unsaturated/α-hetero) is 1. The van der Waals surface area contributed by atoms with Gasteiger partial charge in [0.25, 0.3) is 0 Å². The lowest BCUT2D eigenvalue weighted by atomic mass is 9.80. The fraction of sp³-hybridized carbons (Fsp3) is 0.125. The number of esters is 1. The van der Waals surface area contributed by atoms with Crippen molar-refractivity contribution in [2.24, 2.45) is 0 Å². The van der Waals surface area contributed by atoms with E-state index in [1.165, 1.54) is 12.5 Å². The average Bonchev–Trinajstić information content (AvgIpc) is 3.22. The van der Waals surface area contributed by atoms with E-state index in [4.69, 9.17) is 9.47 Å². The second-order valence-corrected chi connectivity index (χ2v) is 11.2. The Labute approximate surface area is 242 Å². The molecule has 0 bridgehead atoms. The second kappa shape index (κ2) is 10.1. The number of carbonyl (C=O) groups excluding carboxylic acids is 2. The number of halogens is 2. The number of methoxy groups -OCH3 is 1. The molecule has 4 aromatic carbocycles. The van der Waals surface area contributed by atoms with E-state index in [1.807, 2.05) is 55.5 Å². The third-order valence-corrected chi connectivity index (χ3v) is 8.38. The molecule has 0 unspecified atom stereocenters. The molecule has 39 heavy (non-hydrogen) atoms. The molecule has 6 rings (SSSR count). The van der Waals surface area contributed by atoms with Crippen LogP contribution in [0.15, 0.2) is 105 Å². The van der Waals surface area contributed by atoms with Crippen molar-refractivity contribution in [3.63, 3.8) is 0 Å². The lowest BCUT2D eigenvalue weighted by Crippen LogP contribution is -2.29. The Balaban J connectivity index is 1.38. The van der Waals surface area contributed by atoms with Gasteiger partial charge >= 0.3 is 5.97 Å². The zero-order chi connectivity index (χ0) is 27.3. The summed E-state index contributed by atoms with van der Waals surface area (Å²) >= 11 is 7.36. The quantitative estimate of drug-likeness (QED) is 0.226. The maximum atomic E-state index is 13.6. The Kier molecular flexibility index (Phi) is 6.65. The van der Waals surface area contributed by atoms with Gasteiger partial charge in [-0.3, -0.25) is 4.79 Å². The molecule has 7 heteroatoms. The molecule has 4 aromatic rings. The van der Waals surface area contributed by atoms with Crippen LogP contribution in [-0.4, -0.2) is 18.9 Å². The summed E-state index contributed by atoms with van der Waals surface area (Å²) in [6.45, 7) is 2.21. The van der Waals surface area contributed by atoms with Gasteiger partial charge in [-0.25, -0.2) is 4.79 Å². The summed E-state index contributed by atoms with van der Waals surface area (Å²) in [7, 11) is 1.35. The molecule has 1 heterocycles. The number of ether oxygens (including phenoxy) is 2. The molecule has 1 atom stereocenters. The number of ketones is 1. The van der Waals surface area contributed by atoms with Crippen LogP contribution in [0.5, 0.6) is 5.75 Å². The van der Waals surface area contributed by atoms with Crippen molar-refractivity contribution < 1.29 is 19.1 Å². The molecule has 0 spiro atoms.